The molecule has 0 spiro atoms. The number of urea groups is 1. The highest BCUT2D eigenvalue weighted by Crippen LogP contribution is 2.25. The Morgan fingerprint density at radius 2 is 2.12 bits per heavy atom. The molecule has 0 unspecified atom stereocenters. The Morgan fingerprint density at radius 1 is 1.40 bits per heavy atom. The molecule has 7 nitrogen and oxygen atoms in total. The molecule has 1 saturated carbocycles. The van der Waals surface area contributed by atoms with Gasteiger partial charge < -0.3 is 20.5 Å². The minimum atomic E-state index is -0.847. The maximum atomic E-state index is 13.3. The van der Waals surface area contributed by atoms with Gasteiger partial charge in [-0.1, -0.05) is 6.92 Å². The van der Waals surface area contributed by atoms with Crippen LogP contribution < -0.4 is 15.4 Å². The van der Waals surface area contributed by atoms with Gasteiger partial charge in [0.2, 0.25) is 0 Å². The van der Waals surface area contributed by atoms with Crippen LogP contribution in [0.3, 0.4) is 0 Å². The van der Waals surface area contributed by atoms with Crippen LogP contribution in [0.15, 0.2) is 18.2 Å². The molecule has 25 heavy (non-hydrogen) atoms. The van der Waals surface area contributed by atoms with E-state index in [2.05, 4.69) is 10.6 Å². The zero-order valence-electron chi connectivity index (χ0n) is 14.4. The molecule has 0 atom stereocenters. The third kappa shape index (κ3) is 5.32. The van der Waals surface area contributed by atoms with E-state index < -0.39 is 11.8 Å². The number of nitrogens with one attached hydrogen (secondary N) is 2. The zero-order chi connectivity index (χ0) is 18.4. The van der Waals surface area contributed by atoms with Gasteiger partial charge in [-0.05, 0) is 37.6 Å². The molecule has 3 N–H and O–H groups in total. The fraction of sp³-hybridized carbons (Fsp3) is 0.529. The standard InChI is InChI=1S/C17H24FN3O4/c1-3-21(10-16(22)23)14-7-13(8-14)20-17(24)19-9-11-6-12(18)4-5-15(11)25-2/h4-6,13-14H,3,7-10H2,1-2H3,(H,22,23)(H2,19,20,24). The normalized spacial score (nSPS) is 19.2. The number of hydrogen-bond acceptors (Lipinski definition) is 4. The quantitative estimate of drug-likeness (QED) is 0.660. The molecule has 1 fully saturated rings. The third-order valence-corrected chi connectivity index (χ3v) is 4.39. The largest absolute Gasteiger partial charge is 0.496 e. The molecular formula is C17H24FN3O4. The molecule has 1 aromatic carbocycles. The van der Waals surface area contributed by atoms with Gasteiger partial charge in [0.25, 0.3) is 0 Å². The van der Waals surface area contributed by atoms with Crippen molar-refractivity contribution in [1.82, 2.24) is 15.5 Å². The second kappa shape index (κ2) is 8.66. The van der Waals surface area contributed by atoms with E-state index >= 15 is 0 Å². The number of halogens is 1. The van der Waals surface area contributed by atoms with Crippen molar-refractivity contribution in [2.75, 3.05) is 20.2 Å². The number of hydrogen-bond donors (Lipinski definition) is 3. The molecule has 1 aliphatic rings. The Balaban J connectivity index is 1.75. The van der Waals surface area contributed by atoms with Crippen molar-refractivity contribution in [2.45, 2.75) is 38.4 Å². The van der Waals surface area contributed by atoms with E-state index in [4.69, 9.17) is 9.84 Å². The third-order valence-electron chi connectivity index (χ3n) is 4.39. The first kappa shape index (κ1) is 19.0. The predicted molar refractivity (Wildman–Crippen MR) is 90.0 cm³/mol. The zero-order valence-corrected chi connectivity index (χ0v) is 14.4. The summed E-state index contributed by atoms with van der Waals surface area (Å²) in [5.41, 5.74) is 0.558. The van der Waals surface area contributed by atoms with Gasteiger partial charge in [0.1, 0.15) is 11.6 Å². The Labute approximate surface area is 146 Å². The fourth-order valence-corrected chi connectivity index (χ4v) is 2.97. The van der Waals surface area contributed by atoms with Crippen LogP contribution in [0.25, 0.3) is 0 Å². The Morgan fingerprint density at radius 3 is 2.72 bits per heavy atom. The van der Waals surface area contributed by atoms with Gasteiger partial charge in [0, 0.05) is 24.2 Å². The van der Waals surface area contributed by atoms with Crippen LogP contribution in [0.5, 0.6) is 5.75 Å². The Kier molecular flexibility index (Phi) is 6.58. The minimum absolute atomic E-state index is 0.0133. The molecule has 0 heterocycles. The summed E-state index contributed by atoms with van der Waals surface area (Å²) >= 11 is 0. The lowest BCUT2D eigenvalue weighted by Gasteiger charge is -2.42. The molecule has 1 aromatic rings. The predicted octanol–water partition coefficient (Wildman–Crippen LogP) is 1.57. The Bertz CT molecular complexity index is 620. The van der Waals surface area contributed by atoms with Gasteiger partial charge in [0.05, 0.1) is 13.7 Å². The lowest BCUT2D eigenvalue weighted by atomic mass is 9.85. The molecule has 0 bridgehead atoms. The first-order chi connectivity index (χ1) is 11.9. The summed E-state index contributed by atoms with van der Waals surface area (Å²) in [5.74, 6) is -0.726. The van der Waals surface area contributed by atoms with E-state index in [-0.39, 0.29) is 31.2 Å². The minimum Gasteiger partial charge on any atom is -0.496 e. The van der Waals surface area contributed by atoms with E-state index in [0.29, 0.717) is 17.9 Å². The monoisotopic (exact) mass is 353 g/mol. The molecule has 0 aliphatic heterocycles. The highest BCUT2D eigenvalue weighted by molar-refractivity contribution is 5.74. The van der Waals surface area contributed by atoms with Crippen LogP contribution in [0, 0.1) is 5.82 Å². The number of likely N-dealkylation sites (N-methyl/N-ethyl adjacent to an activating group) is 1. The van der Waals surface area contributed by atoms with Crippen LogP contribution >= 0.6 is 0 Å². The Hall–Kier alpha value is -2.35. The van der Waals surface area contributed by atoms with Crippen molar-refractivity contribution < 1.29 is 23.8 Å². The van der Waals surface area contributed by atoms with Gasteiger partial charge >= 0.3 is 12.0 Å². The second-order valence-corrected chi connectivity index (χ2v) is 6.06. The number of carboxylic acid groups (broad SMARTS) is 1. The first-order valence-electron chi connectivity index (χ1n) is 8.25. The van der Waals surface area contributed by atoms with E-state index in [0.717, 1.165) is 12.8 Å². The van der Waals surface area contributed by atoms with Crippen molar-refractivity contribution in [2.24, 2.45) is 0 Å². The number of ether oxygens (including phenoxy) is 1. The molecule has 2 rings (SSSR count). The summed E-state index contributed by atoms with van der Waals surface area (Å²) in [6.07, 6.45) is 1.44. The molecule has 1 aliphatic carbocycles. The van der Waals surface area contributed by atoms with Crippen LogP contribution in [-0.2, 0) is 11.3 Å². The number of nitrogens with zero attached hydrogens (tertiary/aromatic N) is 1. The van der Waals surface area contributed by atoms with E-state index in [1.54, 1.807) is 0 Å². The first-order valence-corrected chi connectivity index (χ1v) is 8.25. The van der Waals surface area contributed by atoms with E-state index in [1.807, 2.05) is 11.8 Å². The topological polar surface area (TPSA) is 90.9 Å². The summed E-state index contributed by atoms with van der Waals surface area (Å²) in [7, 11) is 1.49. The van der Waals surface area contributed by atoms with Gasteiger partial charge in [-0.15, -0.1) is 0 Å². The summed E-state index contributed by atoms with van der Waals surface area (Å²) in [6.45, 7) is 2.75. The summed E-state index contributed by atoms with van der Waals surface area (Å²) in [4.78, 5) is 24.7. The number of aliphatic carboxylic acids is 1. The SMILES string of the molecule is CCN(CC(=O)O)C1CC(NC(=O)NCc2cc(F)ccc2OC)C1. The highest BCUT2D eigenvalue weighted by Gasteiger charge is 2.34. The van der Waals surface area contributed by atoms with Gasteiger partial charge in [-0.3, -0.25) is 9.69 Å². The molecular weight excluding hydrogens is 329 g/mol. The van der Waals surface area contributed by atoms with Crippen LogP contribution in [0.4, 0.5) is 9.18 Å². The number of carboxylic acids is 1. The average molecular weight is 353 g/mol. The van der Waals surface area contributed by atoms with Crippen molar-refractivity contribution in [1.29, 1.82) is 0 Å². The maximum Gasteiger partial charge on any atom is 0.317 e. The summed E-state index contributed by atoms with van der Waals surface area (Å²) in [6, 6.07) is 3.99. The van der Waals surface area contributed by atoms with E-state index in [9.17, 15) is 14.0 Å². The number of methoxy groups -OCH3 is 1. The smallest absolute Gasteiger partial charge is 0.317 e. The van der Waals surface area contributed by atoms with Crippen molar-refractivity contribution in [3.8, 4) is 5.75 Å². The summed E-state index contributed by atoms with van der Waals surface area (Å²) in [5, 5.41) is 14.4. The van der Waals surface area contributed by atoms with Crippen molar-refractivity contribution in [3.05, 3.63) is 29.6 Å². The maximum absolute atomic E-state index is 13.3. The lowest BCUT2D eigenvalue weighted by molar-refractivity contribution is -0.139. The highest BCUT2D eigenvalue weighted by atomic mass is 19.1. The molecule has 0 radical (unpaired) electrons. The molecule has 0 aromatic heterocycles. The average Bonchev–Trinajstić information content (AvgIpc) is 2.54. The number of carbonyl (C=O) groups excluding carboxylic acids is 1. The van der Waals surface area contributed by atoms with Crippen LogP contribution in [0.1, 0.15) is 25.3 Å². The van der Waals surface area contributed by atoms with Crippen LogP contribution in [-0.4, -0.2) is 54.3 Å². The molecule has 0 saturated heterocycles. The second-order valence-electron chi connectivity index (χ2n) is 6.06. The van der Waals surface area contributed by atoms with Crippen molar-refractivity contribution >= 4 is 12.0 Å². The fourth-order valence-electron chi connectivity index (χ4n) is 2.97. The van der Waals surface area contributed by atoms with Crippen molar-refractivity contribution in [3.63, 3.8) is 0 Å². The number of benzene rings is 1. The van der Waals surface area contributed by atoms with Gasteiger partial charge in [-0.25, -0.2) is 9.18 Å². The van der Waals surface area contributed by atoms with Gasteiger partial charge in [-0.2, -0.15) is 0 Å². The molecule has 138 valence electrons. The lowest BCUT2D eigenvalue weighted by Crippen LogP contribution is -2.56. The number of carbonyl (C=O) groups is 2. The van der Waals surface area contributed by atoms with E-state index in [1.165, 1.54) is 25.3 Å². The molecule has 8 heteroatoms. The number of amides is 2. The van der Waals surface area contributed by atoms with Gasteiger partial charge in [0.15, 0.2) is 0 Å². The molecule has 2 amide bonds. The summed E-state index contributed by atoms with van der Waals surface area (Å²) < 4.78 is 18.4. The van der Waals surface area contributed by atoms with Crippen LogP contribution in [0.2, 0.25) is 0 Å². The number of rotatable bonds is 8.